The highest BCUT2D eigenvalue weighted by atomic mass is 32.2. The molecule has 0 aromatic carbocycles. The topological polar surface area (TPSA) is 66.4 Å². The first kappa shape index (κ1) is 28.2. The van der Waals surface area contributed by atoms with Crippen LogP contribution >= 0.6 is 11.8 Å². The number of hydrogen-bond acceptors (Lipinski definition) is 3. The van der Waals surface area contributed by atoms with Crippen LogP contribution in [0.3, 0.4) is 0 Å². The zero-order chi connectivity index (χ0) is 22.3. The second-order valence-corrected chi connectivity index (χ2v) is 8.21. The third-order valence-corrected chi connectivity index (χ3v) is 5.12. The first-order valence-electron chi connectivity index (χ1n) is 11.2. The van der Waals surface area contributed by atoms with E-state index in [2.05, 4.69) is 60.8 Å². The summed E-state index contributed by atoms with van der Waals surface area (Å²) in [6.45, 7) is 2.23. The van der Waals surface area contributed by atoms with Crippen LogP contribution in [0.15, 0.2) is 48.6 Å². The summed E-state index contributed by atoms with van der Waals surface area (Å²) in [5.74, 6) is -0.420. The Hall–Kier alpha value is -1.75. The average molecular weight is 436 g/mol. The van der Waals surface area contributed by atoms with Crippen molar-refractivity contribution in [1.82, 2.24) is 5.32 Å². The van der Waals surface area contributed by atoms with Crippen molar-refractivity contribution in [3.63, 3.8) is 0 Å². The minimum atomic E-state index is -0.960. The Morgan fingerprint density at radius 3 is 1.90 bits per heavy atom. The molecule has 0 aliphatic rings. The molecule has 0 aromatic rings. The Bertz CT molecular complexity index is 553. The fourth-order valence-corrected chi connectivity index (χ4v) is 3.17. The quantitative estimate of drug-likeness (QED) is 0.181. The summed E-state index contributed by atoms with van der Waals surface area (Å²) in [5.41, 5.74) is 0. The van der Waals surface area contributed by atoms with Crippen molar-refractivity contribution in [2.75, 3.05) is 12.0 Å². The number of carbonyl (C=O) groups is 2. The molecule has 4 nitrogen and oxygen atoms in total. The number of aliphatic carboxylic acids is 1. The van der Waals surface area contributed by atoms with Crippen LogP contribution in [0.4, 0.5) is 0 Å². The smallest absolute Gasteiger partial charge is 0.326 e. The highest BCUT2D eigenvalue weighted by Crippen LogP contribution is 2.04. The standard InChI is InChI=1S/C25H41NO3S/c1-3-4-5-6-7-8-9-10-11-12-13-14-15-16-17-18-19-20-24(27)26-23(25(28)29)21-22-30-2/h7-8,10-11,13-14,16-17,23H,3-6,9,12,15,18-22H2,1-2H3,(H,26,27)(H,28,29)/b8-7+,11-10+,14-13+,17-16+. The van der Waals surface area contributed by atoms with E-state index in [4.69, 9.17) is 5.11 Å². The maximum Gasteiger partial charge on any atom is 0.326 e. The molecule has 1 amide bonds. The van der Waals surface area contributed by atoms with Crippen LogP contribution in [0, 0.1) is 0 Å². The summed E-state index contributed by atoms with van der Waals surface area (Å²) in [5, 5.41) is 11.7. The maximum absolute atomic E-state index is 11.9. The van der Waals surface area contributed by atoms with Gasteiger partial charge in [0.1, 0.15) is 6.04 Å². The summed E-state index contributed by atoms with van der Waals surface area (Å²) >= 11 is 1.58. The predicted molar refractivity (Wildman–Crippen MR) is 131 cm³/mol. The number of unbranched alkanes of at least 4 members (excludes halogenated alkanes) is 4. The number of carboxylic acids is 1. The normalized spacial score (nSPS) is 13.1. The van der Waals surface area contributed by atoms with Gasteiger partial charge in [0, 0.05) is 6.42 Å². The second-order valence-electron chi connectivity index (χ2n) is 7.22. The van der Waals surface area contributed by atoms with Gasteiger partial charge in [-0.25, -0.2) is 4.79 Å². The maximum atomic E-state index is 11.9. The first-order chi connectivity index (χ1) is 14.6. The molecular formula is C25H41NO3S. The molecule has 0 radical (unpaired) electrons. The van der Waals surface area contributed by atoms with E-state index in [0.717, 1.165) is 37.9 Å². The summed E-state index contributed by atoms with van der Waals surface area (Å²) in [7, 11) is 0. The molecule has 170 valence electrons. The third kappa shape index (κ3) is 19.6. The van der Waals surface area contributed by atoms with Crippen LogP contribution in [-0.2, 0) is 9.59 Å². The molecule has 0 saturated heterocycles. The summed E-state index contributed by atoms with van der Waals surface area (Å²) in [4.78, 5) is 23.0. The van der Waals surface area contributed by atoms with E-state index in [9.17, 15) is 9.59 Å². The van der Waals surface area contributed by atoms with Crippen LogP contribution in [0.5, 0.6) is 0 Å². The van der Waals surface area contributed by atoms with Crippen molar-refractivity contribution in [1.29, 1.82) is 0 Å². The highest BCUT2D eigenvalue weighted by Gasteiger charge is 2.18. The molecule has 0 saturated carbocycles. The number of nitrogens with one attached hydrogen (secondary N) is 1. The van der Waals surface area contributed by atoms with Gasteiger partial charge in [0.05, 0.1) is 0 Å². The molecule has 0 fully saturated rings. The number of rotatable bonds is 19. The van der Waals surface area contributed by atoms with E-state index >= 15 is 0 Å². The van der Waals surface area contributed by atoms with Crippen molar-refractivity contribution in [3.05, 3.63) is 48.6 Å². The third-order valence-electron chi connectivity index (χ3n) is 4.48. The number of allylic oxidation sites excluding steroid dienone is 8. The van der Waals surface area contributed by atoms with Crippen LogP contribution in [0.25, 0.3) is 0 Å². The minimum absolute atomic E-state index is 0.181. The van der Waals surface area contributed by atoms with Crippen LogP contribution in [-0.4, -0.2) is 35.0 Å². The van der Waals surface area contributed by atoms with E-state index in [0.29, 0.717) is 12.8 Å². The van der Waals surface area contributed by atoms with Gasteiger partial charge >= 0.3 is 5.97 Å². The van der Waals surface area contributed by atoms with Gasteiger partial charge < -0.3 is 10.4 Å². The molecule has 5 heteroatoms. The van der Waals surface area contributed by atoms with Crippen LogP contribution in [0.2, 0.25) is 0 Å². The fraction of sp³-hybridized carbons (Fsp3) is 0.600. The van der Waals surface area contributed by atoms with Crippen molar-refractivity contribution in [2.45, 2.75) is 83.6 Å². The average Bonchev–Trinajstić information content (AvgIpc) is 2.73. The monoisotopic (exact) mass is 435 g/mol. The molecule has 0 heterocycles. The van der Waals surface area contributed by atoms with Gasteiger partial charge in [0.25, 0.3) is 0 Å². The Kier molecular flexibility index (Phi) is 20.7. The van der Waals surface area contributed by atoms with Gasteiger partial charge in [-0.05, 0) is 63.4 Å². The minimum Gasteiger partial charge on any atom is -0.480 e. The molecule has 2 N–H and O–H groups in total. The largest absolute Gasteiger partial charge is 0.480 e. The zero-order valence-electron chi connectivity index (χ0n) is 18.9. The van der Waals surface area contributed by atoms with Crippen LogP contribution in [0.1, 0.15) is 77.6 Å². The highest BCUT2D eigenvalue weighted by molar-refractivity contribution is 7.98. The van der Waals surface area contributed by atoms with Gasteiger partial charge in [-0.15, -0.1) is 0 Å². The lowest BCUT2D eigenvalue weighted by Gasteiger charge is -2.13. The predicted octanol–water partition coefficient (Wildman–Crippen LogP) is 6.45. The Balaban J connectivity index is 3.70. The van der Waals surface area contributed by atoms with Gasteiger partial charge in [0.2, 0.25) is 5.91 Å². The molecule has 30 heavy (non-hydrogen) atoms. The summed E-state index contributed by atoms with van der Waals surface area (Å²) < 4.78 is 0. The molecule has 1 atom stereocenters. The summed E-state index contributed by atoms with van der Waals surface area (Å²) in [6, 6.07) is -0.776. The molecule has 0 spiro atoms. The number of carbonyl (C=O) groups excluding carboxylic acids is 1. The van der Waals surface area contributed by atoms with Gasteiger partial charge in [-0.1, -0.05) is 68.4 Å². The molecule has 0 aromatic heterocycles. The molecule has 1 unspecified atom stereocenters. The molecule has 0 rings (SSSR count). The van der Waals surface area contributed by atoms with Gasteiger partial charge in [-0.3, -0.25) is 4.79 Å². The van der Waals surface area contributed by atoms with Crippen molar-refractivity contribution < 1.29 is 14.7 Å². The van der Waals surface area contributed by atoms with E-state index in [-0.39, 0.29) is 5.91 Å². The molecule has 0 aliphatic carbocycles. The van der Waals surface area contributed by atoms with Gasteiger partial charge in [-0.2, -0.15) is 11.8 Å². The number of amides is 1. The number of carboxylic acid groups (broad SMARTS) is 1. The van der Waals surface area contributed by atoms with Gasteiger partial charge in [0.15, 0.2) is 0 Å². The van der Waals surface area contributed by atoms with Crippen molar-refractivity contribution in [2.24, 2.45) is 0 Å². The first-order valence-corrected chi connectivity index (χ1v) is 12.6. The second kappa shape index (κ2) is 21.9. The van der Waals surface area contributed by atoms with Crippen LogP contribution < -0.4 is 5.32 Å². The number of hydrogen-bond donors (Lipinski definition) is 2. The molecule has 0 aliphatic heterocycles. The molecular weight excluding hydrogens is 394 g/mol. The van der Waals surface area contributed by atoms with E-state index in [1.165, 1.54) is 25.7 Å². The van der Waals surface area contributed by atoms with Crippen molar-refractivity contribution in [3.8, 4) is 0 Å². The Morgan fingerprint density at radius 2 is 1.40 bits per heavy atom. The zero-order valence-corrected chi connectivity index (χ0v) is 19.7. The molecule has 0 bridgehead atoms. The SMILES string of the molecule is CCCCC/C=C/C/C=C/C/C=C/C/C=C/CCCC(=O)NC(CCSC)C(=O)O. The lowest BCUT2D eigenvalue weighted by molar-refractivity contribution is -0.141. The Morgan fingerprint density at radius 1 is 0.867 bits per heavy atom. The lowest BCUT2D eigenvalue weighted by Crippen LogP contribution is -2.41. The van der Waals surface area contributed by atoms with E-state index in [1.54, 1.807) is 11.8 Å². The summed E-state index contributed by atoms with van der Waals surface area (Å²) in [6.07, 6.45) is 29.7. The number of thioether (sulfide) groups is 1. The fourth-order valence-electron chi connectivity index (χ4n) is 2.70. The van der Waals surface area contributed by atoms with E-state index < -0.39 is 12.0 Å². The van der Waals surface area contributed by atoms with Crippen molar-refractivity contribution >= 4 is 23.6 Å². The lowest BCUT2D eigenvalue weighted by atomic mass is 10.1. The van der Waals surface area contributed by atoms with E-state index in [1.807, 2.05) is 6.26 Å². The Labute approximate surface area is 188 Å².